The van der Waals surface area contributed by atoms with Crippen LogP contribution in [0.3, 0.4) is 0 Å². The number of aromatic nitrogens is 3. The van der Waals surface area contributed by atoms with Gasteiger partial charge in [0.25, 0.3) is 0 Å². The summed E-state index contributed by atoms with van der Waals surface area (Å²) in [7, 11) is 0. The number of nitrogens with one attached hydrogen (secondary N) is 1. The van der Waals surface area contributed by atoms with Gasteiger partial charge >= 0.3 is 0 Å². The molecule has 0 aliphatic heterocycles. The molecule has 3 rings (SSSR count). The minimum atomic E-state index is 0.447. The molecule has 2 unspecified atom stereocenters. The molecule has 2 aliphatic carbocycles. The van der Waals surface area contributed by atoms with Gasteiger partial charge in [0.05, 0.1) is 0 Å². The molecule has 2 fully saturated rings. The van der Waals surface area contributed by atoms with E-state index in [9.17, 15) is 0 Å². The lowest BCUT2D eigenvalue weighted by atomic mass is 9.79. The predicted octanol–water partition coefficient (Wildman–Crippen LogP) is 2.26. The van der Waals surface area contributed by atoms with Crippen molar-refractivity contribution in [3.05, 3.63) is 12.2 Å². The van der Waals surface area contributed by atoms with E-state index in [4.69, 9.17) is 0 Å². The Bertz CT molecular complexity index is 416. The lowest BCUT2D eigenvalue weighted by Gasteiger charge is -2.31. The Morgan fingerprint density at radius 3 is 2.84 bits per heavy atom. The molecule has 106 valence electrons. The molecular formula is C15H26N4. The highest BCUT2D eigenvalue weighted by atomic mass is 15.3. The van der Waals surface area contributed by atoms with Crippen LogP contribution in [0.25, 0.3) is 0 Å². The first kappa shape index (κ1) is 13.1. The molecule has 19 heavy (non-hydrogen) atoms. The van der Waals surface area contributed by atoms with E-state index < -0.39 is 0 Å². The molecule has 0 amide bonds. The van der Waals surface area contributed by atoms with Crippen molar-refractivity contribution in [2.75, 3.05) is 13.1 Å². The molecule has 4 nitrogen and oxygen atoms in total. The molecule has 1 heterocycles. The van der Waals surface area contributed by atoms with Crippen molar-refractivity contribution < 1.29 is 0 Å². The summed E-state index contributed by atoms with van der Waals surface area (Å²) in [5.41, 5.74) is 0.447. The summed E-state index contributed by atoms with van der Waals surface area (Å²) in [5.74, 6) is 3.23. The van der Waals surface area contributed by atoms with Crippen molar-refractivity contribution >= 4 is 0 Å². The highest BCUT2D eigenvalue weighted by Gasteiger charge is 2.53. The van der Waals surface area contributed by atoms with E-state index in [0.717, 1.165) is 44.3 Å². The van der Waals surface area contributed by atoms with E-state index in [1.165, 1.54) is 25.1 Å². The van der Waals surface area contributed by atoms with Gasteiger partial charge in [0.2, 0.25) is 0 Å². The van der Waals surface area contributed by atoms with Gasteiger partial charge in [-0.3, -0.25) is 4.68 Å². The molecule has 4 heteroatoms. The summed E-state index contributed by atoms with van der Waals surface area (Å²) >= 11 is 0. The van der Waals surface area contributed by atoms with Crippen molar-refractivity contribution in [3.8, 4) is 0 Å². The zero-order valence-electron chi connectivity index (χ0n) is 12.2. The van der Waals surface area contributed by atoms with Crippen molar-refractivity contribution in [2.24, 2.45) is 17.3 Å². The number of rotatable bonds is 7. The zero-order valence-corrected chi connectivity index (χ0v) is 12.2. The first-order valence-corrected chi connectivity index (χ1v) is 7.84. The van der Waals surface area contributed by atoms with Gasteiger partial charge in [-0.1, -0.05) is 13.8 Å². The van der Waals surface area contributed by atoms with Gasteiger partial charge in [0.1, 0.15) is 12.2 Å². The highest BCUT2D eigenvalue weighted by Crippen LogP contribution is 2.60. The summed E-state index contributed by atoms with van der Waals surface area (Å²) in [6.45, 7) is 7.61. The Balaban J connectivity index is 1.71. The molecule has 2 aliphatic rings. The van der Waals surface area contributed by atoms with Gasteiger partial charge < -0.3 is 5.32 Å². The molecule has 0 radical (unpaired) electrons. The van der Waals surface area contributed by atoms with Gasteiger partial charge in [-0.25, -0.2) is 4.98 Å². The molecule has 1 aromatic heterocycles. The fraction of sp³-hybridized carbons (Fsp3) is 0.867. The van der Waals surface area contributed by atoms with Crippen LogP contribution in [0.1, 0.15) is 45.4 Å². The van der Waals surface area contributed by atoms with Crippen LogP contribution in [0.5, 0.6) is 0 Å². The molecule has 0 bridgehead atoms. The minimum absolute atomic E-state index is 0.447. The fourth-order valence-corrected chi connectivity index (χ4v) is 3.91. The van der Waals surface area contributed by atoms with E-state index in [2.05, 4.69) is 33.9 Å². The highest BCUT2D eigenvalue weighted by molar-refractivity contribution is 5.07. The average Bonchev–Trinajstić information content (AvgIpc) is 2.83. The van der Waals surface area contributed by atoms with Gasteiger partial charge in [-0.2, -0.15) is 5.10 Å². The van der Waals surface area contributed by atoms with Crippen LogP contribution < -0.4 is 5.32 Å². The molecule has 0 saturated heterocycles. The second-order valence-corrected chi connectivity index (χ2v) is 6.52. The minimum Gasteiger partial charge on any atom is -0.316 e. The van der Waals surface area contributed by atoms with Gasteiger partial charge in [-0.05, 0) is 49.5 Å². The van der Waals surface area contributed by atoms with Crippen LogP contribution in [-0.2, 0) is 13.0 Å². The maximum Gasteiger partial charge on any atom is 0.138 e. The molecule has 0 aromatic carbocycles. The number of nitrogens with zero attached hydrogens (tertiary/aromatic N) is 3. The van der Waals surface area contributed by atoms with Crippen molar-refractivity contribution in [3.63, 3.8) is 0 Å². The Hall–Kier alpha value is -0.900. The molecule has 2 atom stereocenters. The van der Waals surface area contributed by atoms with Crippen molar-refractivity contribution in [1.82, 2.24) is 20.1 Å². The standard InChI is InChI=1S/C15H26N4/c1-3-5-19-14(17-11-18-19)9-15(10-16-4-2)7-12-6-13(12)8-15/h11-13,16H,3-10H2,1-2H3. The summed E-state index contributed by atoms with van der Waals surface area (Å²) in [6, 6.07) is 0. The third-order valence-corrected chi connectivity index (χ3v) is 4.87. The number of hydrogen-bond donors (Lipinski definition) is 1. The fourth-order valence-electron chi connectivity index (χ4n) is 3.91. The molecule has 1 N–H and O–H groups in total. The van der Waals surface area contributed by atoms with E-state index in [0.29, 0.717) is 5.41 Å². The molecule has 1 aromatic rings. The lowest BCUT2D eigenvalue weighted by molar-refractivity contribution is 0.241. The topological polar surface area (TPSA) is 42.7 Å². The monoisotopic (exact) mass is 262 g/mol. The maximum absolute atomic E-state index is 4.52. The molecular weight excluding hydrogens is 236 g/mol. The van der Waals surface area contributed by atoms with Crippen LogP contribution in [0.2, 0.25) is 0 Å². The van der Waals surface area contributed by atoms with E-state index in [1.54, 1.807) is 6.33 Å². The number of fused-ring (bicyclic) bond motifs is 1. The maximum atomic E-state index is 4.52. The smallest absolute Gasteiger partial charge is 0.138 e. The molecule has 0 spiro atoms. The second kappa shape index (κ2) is 5.23. The lowest BCUT2D eigenvalue weighted by Crippen LogP contribution is -2.36. The van der Waals surface area contributed by atoms with E-state index in [1.807, 2.05) is 0 Å². The summed E-state index contributed by atoms with van der Waals surface area (Å²) < 4.78 is 2.11. The van der Waals surface area contributed by atoms with Crippen LogP contribution in [0.15, 0.2) is 6.33 Å². The number of aryl methyl sites for hydroxylation is 1. The van der Waals surface area contributed by atoms with Gasteiger partial charge in [0, 0.05) is 19.5 Å². The SMILES string of the molecule is CCCn1ncnc1CC1(CNCC)CC2CC2C1. The summed E-state index contributed by atoms with van der Waals surface area (Å²) in [5, 5.41) is 7.95. The first-order chi connectivity index (χ1) is 9.26. The average molecular weight is 262 g/mol. The van der Waals surface area contributed by atoms with Crippen LogP contribution in [-0.4, -0.2) is 27.9 Å². The third kappa shape index (κ3) is 2.69. The Morgan fingerprint density at radius 1 is 1.37 bits per heavy atom. The third-order valence-electron chi connectivity index (χ3n) is 4.87. The Labute approximate surface area is 116 Å². The Kier molecular flexibility index (Phi) is 3.61. The Morgan fingerprint density at radius 2 is 2.16 bits per heavy atom. The number of hydrogen-bond acceptors (Lipinski definition) is 3. The quantitative estimate of drug-likeness (QED) is 0.819. The summed E-state index contributed by atoms with van der Waals surface area (Å²) in [4.78, 5) is 4.52. The normalized spacial score (nSPS) is 32.5. The predicted molar refractivity (Wildman–Crippen MR) is 75.8 cm³/mol. The summed E-state index contributed by atoms with van der Waals surface area (Å²) in [6.07, 6.45) is 8.22. The molecule has 2 saturated carbocycles. The van der Waals surface area contributed by atoms with Crippen molar-refractivity contribution in [2.45, 2.75) is 52.5 Å². The van der Waals surface area contributed by atoms with Crippen LogP contribution in [0.4, 0.5) is 0 Å². The van der Waals surface area contributed by atoms with Crippen LogP contribution >= 0.6 is 0 Å². The van der Waals surface area contributed by atoms with Crippen molar-refractivity contribution in [1.29, 1.82) is 0 Å². The zero-order chi connectivity index (χ0) is 13.3. The van der Waals surface area contributed by atoms with E-state index in [-0.39, 0.29) is 0 Å². The van der Waals surface area contributed by atoms with E-state index >= 15 is 0 Å². The van der Waals surface area contributed by atoms with Crippen LogP contribution in [0, 0.1) is 17.3 Å². The second-order valence-electron chi connectivity index (χ2n) is 6.52. The van der Waals surface area contributed by atoms with Gasteiger partial charge in [0.15, 0.2) is 0 Å². The largest absolute Gasteiger partial charge is 0.316 e. The first-order valence-electron chi connectivity index (χ1n) is 7.84. The van der Waals surface area contributed by atoms with Gasteiger partial charge in [-0.15, -0.1) is 0 Å².